The molecule has 1 amide bonds. The summed E-state index contributed by atoms with van der Waals surface area (Å²) in [6.45, 7) is 2.08. The number of carbonyl (C=O) groups excluding carboxylic acids is 1. The zero-order chi connectivity index (χ0) is 12.9. The van der Waals surface area contributed by atoms with Crippen molar-refractivity contribution in [3.8, 4) is 5.75 Å². The Morgan fingerprint density at radius 1 is 1.47 bits per heavy atom. The molecule has 1 heterocycles. The molecule has 0 bridgehead atoms. The van der Waals surface area contributed by atoms with E-state index < -0.39 is 14.4 Å². The zero-order valence-corrected chi connectivity index (χ0v) is 10.7. The molecule has 1 aliphatic rings. The van der Waals surface area contributed by atoms with Crippen LogP contribution in [0.4, 0.5) is 0 Å². The number of ether oxygens (including phenoxy) is 1. The first-order valence-electron chi connectivity index (χ1n) is 4.79. The van der Waals surface area contributed by atoms with Crippen LogP contribution in [-0.2, 0) is 20.5 Å². The summed E-state index contributed by atoms with van der Waals surface area (Å²) in [5.74, 6) is 1.05. The van der Waals surface area contributed by atoms with Gasteiger partial charge >= 0.3 is 0 Å². The van der Waals surface area contributed by atoms with Gasteiger partial charge in [-0.2, -0.15) is 0 Å². The van der Waals surface area contributed by atoms with Crippen LogP contribution in [0, 0.1) is 0 Å². The van der Waals surface area contributed by atoms with Crippen molar-refractivity contribution in [1.82, 2.24) is 5.32 Å². The fourth-order valence-corrected chi connectivity index (χ4v) is 1.39. The predicted molar refractivity (Wildman–Crippen MR) is 64.2 cm³/mol. The van der Waals surface area contributed by atoms with Gasteiger partial charge in [-0.1, -0.05) is 18.2 Å². The van der Waals surface area contributed by atoms with E-state index in [4.69, 9.17) is 15.4 Å². The van der Waals surface area contributed by atoms with Gasteiger partial charge in [0.25, 0.3) is 9.05 Å². The second kappa shape index (κ2) is 5.88. The van der Waals surface area contributed by atoms with E-state index in [1.165, 1.54) is 12.5 Å². The third kappa shape index (κ3) is 4.24. The molecule has 7 heteroatoms. The molecule has 0 saturated heterocycles. The Kier molecular flexibility index (Phi) is 4.77. The SMILES string of the molecule is CC(NC=O)S(=O)(=O)Cl.c1ccc2c(c1)CO2. The van der Waals surface area contributed by atoms with Gasteiger partial charge < -0.3 is 10.1 Å². The first-order valence-corrected chi connectivity index (χ1v) is 7.16. The summed E-state index contributed by atoms with van der Waals surface area (Å²) in [6, 6.07) is 8.08. The topological polar surface area (TPSA) is 72.5 Å². The van der Waals surface area contributed by atoms with Gasteiger partial charge in [0, 0.05) is 16.2 Å². The smallest absolute Gasteiger partial charge is 0.253 e. The van der Waals surface area contributed by atoms with Crippen LogP contribution in [0.5, 0.6) is 5.75 Å². The molecule has 0 saturated carbocycles. The summed E-state index contributed by atoms with van der Waals surface area (Å²) in [5.41, 5.74) is 1.33. The van der Waals surface area contributed by atoms with E-state index in [2.05, 4.69) is 6.07 Å². The van der Waals surface area contributed by atoms with Gasteiger partial charge in [0.05, 0.1) is 0 Å². The number of nitrogens with one attached hydrogen (secondary N) is 1. The Balaban J connectivity index is 0.000000170. The molecule has 1 aliphatic heterocycles. The van der Waals surface area contributed by atoms with Crippen molar-refractivity contribution in [2.45, 2.75) is 18.9 Å². The largest absolute Gasteiger partial charge is 0.488 e. The lowest BCUT2D eigenvalue weighted by molar-refractivity contribution is -0.109. The van der Waals surface area contributed by atoms with Gasteiger partial charge in [-0.3, -0.25) is 4.79 Å². The molecule has 0 aromatic heterocycles. The summed E-state index contributed by atoms with van der Waals surface area (Å²) >= 11 is 0. The number of hydrogen-bond acceptors (Lipinski definition) is 4. The van der Waals surface area contributed by atoms with E-state index in [-0.39, 0.29) is 6.41 Å². The van der Waals surface area contributed by atoms with Crippen LogP contribution in [0.2, 0.25) is 0 Å². The fourth-order valence-electron chi connectivity index (χ4n) is 1.02. The van der Waals surface area contributed by atoms with Gasteiger partial charge in [0.2, 0.25) is 6.41 Å². The number of rotatable bonds is 3. The van der Waals surface area contributed by atoms with Gasteiger partial charge in [-0.25, -0.2) is 8.42 Å². The number of carbonyl (C=O) groups is 1. The summed E-state index contributed by atoms with van der Waals surface area (Å²) in [4.78, 5) is 9.63. The second-order valence-corrected chi connectivity index (χ2v) is 6.25. The van der Waals surface area contributed by atoms with Gasteiger partial charge in [-0.15, -0.1) is 0 Å². The Bertz CT molecular complexity index is 466. The fraction of sp³-hybridized carbons (Fsp3) is 0.300. The van der Waals surface area contributed by atoms with Crippen LogP contribution in [0.3, 0.4) is 0 Å². The summed E-state index contributed by atoms with van der Waals surface area (Å²) < 4.78 is 25.6. The average molecular weight is 278 g/mol. The van der Waals surface area contributed by atoms with Gasteiger partial charge in [0.1, 0.15) is 17.7 Å². The number of halogens is 1. The van der Waals surface area contributed by atoms with Gasteiger partial charge in [0.15, 0.2) is 0 Å². The summed E-state index contributed by atoms with van der Waals surface area (Å²) in [6.07, 6.45) is 0.282. The van der Waals surface area contributed by atoms with Crippen LogP contribution in [0.1, 0.15) is 12.5 Å². The highest BCUT2D eigenvalue weighted by molar-refractivity contribution is 8.14. The standard InChI is InChI=1S/C7H6O.C3H6ClNO3S/c1-2-4-7-6(3-1)5-8-7;1-3(5-2-6)9(4,7)8/h1-4H,5H2;2-3H,1H3,(H,5,6). The Hall–Kier alpha value is -1.27. The molecule has 0 aliphatic carbocycles. The molecule has 5 nitrogen and oxygen atoms in total. The minimum absolute atomic E-state index is 0.282. The lowest BCUT2D eigenvalue weighted by Crippen LogP contribution is -2.29. The lowest BCUT2D eigenvalue weighted by atomic mass is 10.1. The minimum atomic E-state index is -3.64. The molecule has 0 radical (unpaired) electrons. The molecular formula is C10H12ClNO4S. The minimum Gasteiger partial charge on any atom is -0.488 e. The molecule has 17 heavy (non-hydrogen) atoms. The van der Waals surface area contributed by atoms with Crippen LogP contribution in [0.15, 0.2) is 24.3 Å². The maximum Gasteiger partial charge on any atom is 0.253 e. The molecular weight excluding hydrogens is 266 g/mol. The van der Waals surface area contributed by atoms with E-state index in [1.807, 2.05) is 23.5 Å². The number of benzene rings is 1. The van der Waals surface area contributed by atoms with E-state index in [1.54, 1.807) is 0 Å². The number of fused-ring (bicyclic) bond motifs is 1. The van der Waals surface area contributed by atoms with Crippen LogP contribution in [0.25, 0.3) is 0 Å². The van der Waals surface area contributed by atoms with Crippen LogP contribution < -0.4 is 10.1 Å². The molecule has 1 aromatic rings. The van der Waals surface area contributed by atoms with E-state index in [0.717, 1.165) is 12.4 Å². The number of amides is 1. The number of para-hydroxylation sites is 1. The van der Waals surface area contributed by atoms with Crippen molar-refractivity contribution in [3.63, 3.8) is 0 Å². The zero-order valence-electron chi connectivity index (χ0n) is 9.09. The normalized spacial score (nSPS) is 14.0. The maximum absolute atomic E-state index is 10.3. The highest BCUT2D eigenvalue weighted by Gasteiger charge is 2.14. The Morgan fingerprint density at radius 3 is 2.35 bits per heavy atom. The van der Waals surface area contributed by atoms with Crippen LogP contribution >= 0.6 is 10.7 Å². The molecule has 0 fully saturated rings. The van der Waals surface area contributed by atoms with E-state index >= 15 is 0 Å². The molecule has 1 N–H and O–H groups in total. The van der Waals surface area contributed by atoms with Crippen molar-refractivity contribution >= 4 is 26.1 Å². The third-order valence-electron chi connectivity index (χ3n) is 2.08. The molecule has 1 atom stereocenters. The van der Waals surface area contributed by atoms with Gasteiger partial charge in [-0.05, 0) is 13.0 Å². The molecule has 1 unspecified atom stereocenters. The highest BCUT2D eigenvalue weighted by atomic mass is 35.7. The highest BCUT2D eigenvalue weighted by Crippen LogP contribution is 2.27. The van der Waals surface area contributed by atoms with Crippen molar-refractivity contribution in [3.05, 3.63) is 29.8 Å². The predicted octanol–water partition coefficient (Wildman–Crippen LogP) is 1.23. The van der Waals surface area contributed by atoms with Crippen molar-refractivity contribution in [2.24, 2.45) is 0 Å². The molecule has 0 spiro atoms. The first kappa shape index (κ1) is 13.8. The molecule has 1 aromatic carbocycles. The third-order valence-corrected chi connectivity index (χ3v) is 3.86. The first-order chi connectivity index (χ1) is 7.95. The second-order valence-electron chi connectivity index (χ2n) is 3.30. The molecule has 2 rings (SSSR count). The van der Waals surface area contributed by atoms with E-state index in [0.29, 0.717) is 0 Å². The monoisotopic (exact) mass is 277 g/mol. The molecule has 94 valence electrons. The van der Waals surface area contributed by atoms with Crippen LogP contribution in [-0.4, -0.2) is 20.2 Å². The maximum atomic E-state index is 10.3. The van der Waals surface area contributed by atoms with Crippen molar-refractivity contribution in [1.29, 1.82) is 0 Å². The number of hydrogen-bond donors (Lipinski definition) is 1. The Morgan fingerprint density at radius 2 is 2.12 bits per heavy atom. The summed E-state index contributed by atoms with van der Waals surface area (Å²) in [5, 5.41) is 0.968. The van der Waals surface area contributed by atoms with E-state index in [9.17, 15) is 13.2 Å². The van der Waals surface area contributed by atoms with Crippen molar-refractivity contribution < 1.29 is 17.9 Å². The average Bonchev–Trinajstić information content (AvgIpc) is 2.20. The quantitative estimate of drug-likeness (QED) is 0.666. The summed E-state index contributed by atoms with van der Waals surface area (Å²) in [7, 11) is 1.18. The lowest BCUT2D eigenvalue weighted by Gasteiger charge is -2.18. The Labute approximate surface area is 104 Å². The van der Waals surface area contributed by atoms with Crippen molar-refractivity contribution in [2.75, 3.05) is 0 Å².